The highest BCUT2D eigenvalue weighted by atomic mass is 16.5. The number of piperidine rings is 1. The van der Waals surface area contributed by atoms with Crippen LogP contribution < -0.4 is 19.7 Å². The largest absolute Gasteiger partial charge is 0.493 e. The van der Waals surface area contributed by atoms with Gasteiger partial charge in [0.15, 0.2) is 18.1 Å². The lowest BCUT2D eigenvalue weighted by molar-refractivity contribution is -0.123. The Morgan fingerprint density at radius 3 is 2.38 bits per heavy atom. The summed E-state index contributed by atoms with van der Waals surface area (Å²) >= 11 is 0. The average Bonchev–Trinajstić information content (AvgIpc) is 2.72. The molecule has 0 aliphatic carbocycles. The zero-order chi connectivity index (χ0) is 18.2. The summed E-state index contributed by atoms with van der Waals surface area (Å²) in [6, 6.07) is 15.7. The highest BCUT2D eigenvalue weighted by Crippen LogP contribution is 2.25. The van der Waals surface area contributed by atoms with Gasteiger partial charge in [0, 0.05) is 25.3 Å². The van der Waals surface area contributed by atoms with Crippen molar-refractivity contribution >= 4 is 11.6 Å². The van der Waals surface area contributed by atoms with Crippen molar-refractivity contribution in [2.45, 2.75) is 25.8 Å². The summed E-state index contributed by atoms with van der Waals surface area (Å²) < 4.78 is 10.7. The molecule has 0 bridgehead atoms. The Bertz CT molecular complexity index is 709. The Labute approximate surface area is 154 Å². The van der Waals surface area contributed by atoms with E-state index in [1.165, 1.54) is 24.9 Å². The van der Waals surface area contributed by atoms with Crippen LogP contribution in [0.5, 0.6) is 11.5 Å². The fraction of sp³-hybridized carbons (Fsp3) is 0.381. The molecular formula is C21H26N2O3. The molecule has 138 valence electrons. The number of anilines is 1. The van der Waals surface area contributed by atoms with Gasteiger partial charge in [-0.05, 0) is 49.1 Å². The van der Waals surface area contributed by atoms with Crippen molar-refractivity contribution in [3.8, 4) is 11.5 Å². The molecule has 26 heavy (non-hydrogen) atoms. The maximum atomic E-state index is 12.0. The summed E-state index contributed by atoms with van der Waals surface area (Å²) in [4.78, 5) is 14.4. The van der Waals surface area contributed by atoms with Gasteiger partial charge >= 0.3 is 0 Å². The number of amides is 1. The van der Waals surface area contributed by atoms with E-state index in [0.29, 0.717) is 18.0 Å². The first-order valence-electron chi connectivity index (χ1n) is 9.12. The molecule has 0 spiro atoms. The molecule has 3 rings (SSSR count). The summed E-state index contributed by atoms with van der Waals surface area (Å²) in [5.41, 5.74) is 2.34. The van der Waals surface area contributed by atoms with E-state index in [2.05, 4.69) is 34.5 Å². The molecule has 1 saturated heterocycles. The molecule has 5 nitrogen and oxygen atoms in total. The van der Waals surface area contributed by atoms with Gasteiger partial charge in [-0.25, -0.2) is 0 Å². The predicted octanol–water partition coefficient (Wildman–Crippen LogP) is 3.38. The zero-order valence-electron chi connectivity index (χ0n) is 15.2. The monoisotopic (exact) mass is 354 g/mol. The number of carbonyl (C=O) groups is 1. The number of nitrogens with zero attached hydrogens (tertiary/aromatic N) is 1. The highest BCUT2D eigenvalue weighted by molar-refractivity contribution is 5.77. The number of para-hydroxylation sites is 2. The van der Waals surface area contributed by atoms with Crippen LogP contribution in [0.2, 0.25) is 0 Å². The Hall–Kier alpha value is -2.69. The van der Waals surface area contributed by atoms with E-state index in [-0.39, 0.29) is 12.5 Å². The summed E-state index contributed by atoms with van der Waals surface area (Å²) in [6.07, 6.45) is 3.87. The van der Waals surface area contributed by atoms with E-state index >= 15 is 0 Å². The first-order valence-corrected chi connectivity index (χ1v) is 9.12. The number of carbonyl (C=O) groups excluding carboxylic acids is 1. The SMILES string of the molecule is COc1ccccc1OCC(=O)NCc1ccc(N2CCCCC2)cc1. The van der Waals surface area contributed by atoms with Gasteiger partial charge in [-0.2, -0.15) is 0 Å². The number of nitrogens with one attached hydrogen (secondary N) is 1. The molecule has 5 heteroatoms. The molecular weight excluding hydrogens is 328 g/mol. The molecule has 1 amide bonds. The number of ether oxygens (including phenoxy) is 2. The molecule has 2 aromatic carbocycles. The third-order valence-electron chi connectivity index (χ3n) is 4.58. The molecule has 2 aromatic rings. The second-order valence-electron chi connectivity index (χ2n) is 6.43. The second-order valence-corrected chi connectivity index (χ2v) is 6.43. The Morgan fingerprint density at radius 1 is 1.00 bits per heavy atom. The van der Waals surface area contributed by atoms with Crippen LogP contribution in [0.4, 0.5) is 5.69 Å². The van der Waals surface area contributed by atoms with Crippen LogP contribution in [0.15, 0.2) is 48.5 Å². The van der Waals surface area contributed by atoms with E-state index in [0.717, 1.165) is 18.7 Å². The number of rotatable bonds is 7. The molecule has 0 saturated carbocycles. The van der Waals surface area contributed by atoms with Gasteiger partial charge in [0.1, 0.15) is 0 Å². The quantitative estimate of drug-likeness (QED) is 0.828. The molecule has 1 heterocycles. The topological polar surface area (TPSA) is 50.8 Å². The van der Waals surface area contributed by atoms with Crippen LogP contribution in [-0.4, -0.2) is 32.7 Å². The molecule has 0 aromatic heterocycles. The molecule has 1 fully saturated rings. The number of hydrogen-bond donors (Lipinski definition) is 1. The van der Waals surface area contributed by atoms with Gasteiger partial charge in [-0.15, -0.1) is 0 Å². The van der Waals surface area contributed by atoms with Crippen LogP contribution in [-0.2, 0) is 11.3 Å². The predicted molar refractivity (Wildman–Crippen MR) is 103 cm³/mol. The first kappa shape index (κ1) is 18.1. The fourth-order valence-corrected chi connectivity index (χ4v) is 3.11. The number of benzene rings is 2. The van der Waals surface area contributed by atoms with E-state index < -0.39 is 0 Å². The van der Waals surface area contributed by atoms with Crippen molar-refractivity contribution in [2.75, 3.05) is 31.7 Å². The standard InChI is InChI=1S/C21H26N2O3/c1-25-19-7-3-4-8-20(19)26-16-21(24)22-15-17-9-11-18(12-10-17)23-13-5-2-6-14-23/h3-4,7-12H,2,5-6,13-16H2,1H3,(H,22,24). The van der Waals surface area contributed by atoms with Crippen molar-refractivity contribution in [3.63, 3.8) is 0 Å². The maximum Gasteiger partial charge on any atom is 0.258 e. The molecule has 1 aliphatic heterocycles. The van der Waals surface area contributed by atoms with E-state index in [4.69, 9.17) is 9.47 Å². The second kappa shape index (κ2) is 9.13. The van der Waals surface area contributed by atoms with Gasteiger partial charge in [0.05, 0.1) is 7.11 Å². The first-order chi connectivity index (χ1) is 12.8. The van der Waals surface area contributed by atoms with E-state index in [1.807, 2.05) is 12.1 Å². The van der Waals surface area contributed by atoms with Gasteiger partial charge in [0.2, 0.25) is 0 Å². The van der Waals surface area contributed by atoms with Crippen molar-refractivity contribution < 1.29 is 14.3 Å². The van der Waals surface area contributed by atoms with Gasteiger partial charge in [-0.3, -0.25) is 4.79 Å². The lowest BCUT2D eigenvalue weighted by Crippen LogP contribution is -2.29. The molecule has 0 atom stereocenters. The van der Waals surface area contributed by atoms with Crippen molar-refractivity contribution in [1.29, 1.82) is 0 Å². The maximum absolute atomic E-state index is 12.0. The van der Waals surface area contributed by atoms with Gasteiger partial charge in [0.25, 0.3) is 5.91 Å². The highest BCUT2D eigenvalue weighted by Gasteiger charge is 2.11. The third kappa shape index (κ3) is 4.91. The fourth-order valence-electron chi connectivity index (χ4n) is 3.11. The van der Waals surface area contributed by atoms with E-state index in [1.54, 1.807) is 19.2 Å². The summed E-state index contributed by atoms with van der Waals surface area (Å²) in [6.45, 7) is 2.73. The van der Waals surface area contributed by atoms with Crippen LogP contribution in [0.25, 0.3) is 0 Å². The minimum absolute atomic E-state index is 0.0355. The van der Waals surface area contributed by atoms with Crippen LogP contribution in [0, 0.1) is 0 Å². The van der Waals surface area contributed by atoms with Crippen LogP contribution >= 0.6 is 0 Å². The molecule has 0 radical (unpaired) electrons. The van der Waals surface area contributed by atoms with Crippen molar-refractivity contribution in [1.82, 2.24) is 5.32 Å². The van der Waals surface area contributed by atoms with E-state index in [9.17, 15) is 4.79 Å². The molecule has 1 N–H and O–H groups in total. The third-order valence-corrected chi connectivity index (χ3v) is 4.58. The van der Waals surface area contributed by atoms with Crippen LogP contribution in [0.1, 0.15) is 24.8 Å². The summed E-state index contributed by atoms with van der Waals surface area (Å²) in [7, 11) is 1.58. The minimum Gasteiger partial charge on any atom is -0.493 e. The Balaban J connectivity index is 1.45. The minimum atomic E-state index is -0.156. The number of methoxy groups -OCH3 is 1. The average molecular weight is 354 g/mol. The van der Waals surface area contributed by atoms with Gasteiger partial charge < -0.3 is 19.7 Å². The summed E-state index contributed by atoms with van der Waals surface area (Å²) in [5.74, 6) is 1.03. The van der Waals surface area contributed by atoms with Crippen molar-refractivity contribution in [3.05, 3.63) is 54.1 Å². The lowest BCUT2D eigenvalue weighted by atomic mass is 10.1. The van der Waals surface area contributed by atoms with Gasteiger partial charge in [-0.1, -0.05) is 24.3 Å². The summed E-state index contributed by atoms with van der Waals surface area (Å²) in [5, 5.41) is 2.89. The normalized spacial score (nSPS) is 14.0. The Kier molecular flexibility index (Phi) is 6.36. The lowest BCUT2D eigenvalue weighted by Gasteiger charge is -2.28. The smallest absolute Gasteiger partial charge is 0.258 e. The zero-order valence-corrected chi connectivity index (χ0v) is 15.2. The molecule has 1 aliphatic rings. The van der Waals surface area contributed by atoms with Crippen molar-refractivity contribution in [2.24, 2.45) is 0 Å². The Morgan fingerprint density at radius 2 is 1.69 bits per heavy atom. The number of hydrogen-bond acceptors (Lipinski definition) is 4. The molecule has 0 unspecified atom stereocenters. The van der Waals surface area contributed by atoms with Crippen LogP contribution in [0.3, 0.4) is 0 Å².